The number of carbonyl (C=O) groups is 4. The van der Waals surface area contributed by atoms with Crippen molar-refractivity contribution in [1.29, 1.82) is 0 Å². The first-order valence-electron chi connectivity index (χ1n) is 38.3. The summed E-state index contributed by atoms with van der Waals surface area (Å²) in [5, 5.41) is 10.6. The average Bonchev–Trinajstić information content (AvgIpc) is 2.43. The maximum absolute atomic E-state index is 13.0. The van der Waals surface area contributed by atoms with Gasteiger partial charge in [-0.2, -0.15) is 0 Å². The van der Waals surface area contributed by atoms with E-state index in [1.807, 2.05) is 0 Å². The molecule has 92 heavy (non-hydrogen) atoms. The molecule has 0 spiro atoms. The first-order valence-corrected chi connectivity index (χ1v) is 41.3. The highest BCUT2D eigenvalue weighted by molar-refractivity contribution is 7.47. The van der Waals surface area contributed by atoms with Gasteiger partial charge in [-0.3, -0.25) is 37.3 Å². The molecule has 0 fully saturated rings. The van der Waals surface area contributed by atoms with Crippen LogP contribution >= 0.6 is 15.6 Å². The summed E-state index contributed by atoms with van der Waals surface area (Å²) in [6.45, 7) is 4.95. The van der Waals surface area contributed by atoms with Crippen molar-refractivity contribution in [3.63, 3.8) is 0 Å². The Balaban J connectivity index is 5.18. The Bertz CT molecular complexity index is 1760. The number of hydrogen-bond acceptors (Lipinski definition) is 15. The van der Waals surface area contributed by atoms with Crippen LogP contribution in [0.3, 0.4) is 0 Å². The maximum atomic E-state index is 13.0. The van der Waals surface area contributed by atoms with Gasteiger partial charge in [0.15, 0.2) is 12.2 Å². The lowest BCUT2D eigenvalue weighted by Crippen LogP contribution is -2.30. The summed E-state index contributed by atoms with van der Waals surface area (Å²) >= 11 is 0. The lowest BCUT2D eigenvalue weighted by atomic mass is 10.0. The molecule has 0 saturated carbocycles. The zero-order chi connectivity index (χ0) is 67.5. The molecular formula is C73H142O17P2. The van der Waals surface area contributed by atoms with Crippen LogP contribution in [-0.4, -0.2) is 96.7 Å². The maximum Gasteiger partial charge on any atom is 0.472 e. The van der Waals surface area contributed by atoms with E-state index in [4.69, 9.17) is 37.0 Å². The van der Waals surface area contributed by atoms with Gasteiger partial charge in [0.1, 0.15) is 19.3 Å². The number of unbranched alkanes of at least 4 members (excludes halogenated alkanes) is 48. The van der Waals surface area contributed by atoms with Gasteiger partial charge in [-0.15, -0.1) is 0 Å². The molecular weight excluding hydrogens is 1210 g/mol. The number of phosphoric ester groups is 2. The number of ether oxygens (including phenoxy) is 4. The van der Waals surface area contributed by atoms with Crippen LogP contribution in [0.4, 0.5) is 0 Å². The van der Waals surface area contributed by atoms with Gasteiger partial charge < -0.3 is 33.8 Å². The minimum absolute atomic E-state index is 0.107. The lowest BCUT2D eigenvalue weighted by molar-refractivity contribution is -0.161. The van der Waals surface area contributed by atoms with E-state index >= 15 is 0 Å². The molecule has 0 rings (SSSR count). The van der Waals surface area contributed by atoms with Crippen molar-refractivity contribution in [3.05, 3.63) is 0 Å². The highest BCUT2D eigenvalue weighted by Gasteiger charge is 2.30. The minimum Gasteiger partial charge on any atom is -0.462 e. The first-order chi connectivity index (χ1) is 44.7. The number of hydrogen-bond donors (Lipinski definition) is 3. The molecule has 17 nitrogen and oxygen atoms in total. The highest BCUT2D eigenvalue weighted by atomic mass is 31.2. The summed E-state index contributed by atoms with van der Waals surface area (Å²) in [4.78, 5) is 72.6. The summed E-state index contributed by atoms with van der Waals surface area (Å²) in [6.07, 6.45) is 56.8. The van der Waals surface area contributed by atoms with Gasteiger partial charge in [0.25, 0.3) is 0 Å². The van der Waals surface area contributed by atoms with Gasteiger partial charge in [0, 0.05) is 25.7 Å². The van der Waals surface area contributed by atoms with E-state index in [-0.39, 0.29) is 25.7 Å². The second kappa shape index (κ2) is 67.6. The molecule has 0 aromatic heterocycles. The van der Waals surface area contributed by atoms with E-state index in [1.54, 1.807) is 0 Å². The van der Waals surface area contributed by atoms with Crippen LogP contribution < -0.4 is 0 Å². The van der Waals surface area contributed by atoms with Gasteiger partial charge in [-0.1, -0.05) is 336 Å². The number of phosphoric acid groups is 2. The van der Waals surface area contributed by atoms with Crippen molar-refractivity contribution in [1.82, 2.24) is 0 Å². The lowest BCUT2D eigenvalue weighted by Gasteiger charge is -2.21. The molecule has 0 aliphatic carbocycles. The zero-order valence-corrected chi connectivity index (χ0v) is 61.3. The summed E-state index contributed by atoms with van der Waals surface area (Å²) in [6, 6.07) is 0. The SMILES string of the molecule is CCCCCCCCCCCCCCCCCCCCCCC(=O)O[C@H](COC(=O)CCCCCCCCCCCCCC)COP(=O)(O)OC[C@@H](O)COP(=O)(O)OC[C@@H](COC(=O)CCCCCCCCCCCC)OC(=O)CCCCCCCCCCCC. The van der Waals surface area contributed by atoms with Crippen LogP contribution in [0.15, 0.2) is 0 Å². The molecule has 3 N–H and O–H groups in total. The van der Waals surface area contributed by atoms with E-state index in [1.165, 1.54) is 218 Å². The Kier molecular flexibility index (Phi) is 66.2. The molecule has 0 radical (unpaired) electrons. The third-order valence-corrected chi connectivity index (χ3v) is 19.0. The van der Waals surface area contributed by atoms with E-state index in [9.17, 15) is 43.2 Å². The Hall–Kier alpha value is -1.94. The Labute approximate surface area is 562 Å². The van der Waals surface area contributed by atoms with Crippen molar-refractivity contribution in [2.75, 3.05) is 39.6 Å². The third kappa shape index (κ3) is 66.7. The number of esters is 4. The second-order valence-electron chi connectivity index (χ2n) is 26.3. The van der Waals surface area contributed by atoms with Crippen molar-refractivity contribution >= 4 is 39.5 Å². The fourth-order valence-corrected chi connectivity index (χ4v) is 12.8. The monoisotopic (exact) mass is 1350 g/mol. The van der Waals surface area contributed by atoms with E-state index in [2.05, 4.69) is 27.7 Å². The topological polar surface area (TPSA) is 237 Å². The first kappa shape index (κ1) is 90.1. The molecule has 0 aliphatic heterocycles. The number of carbonyl (C=O) groups excluding carboxylic acids is 4. The van der Waals surface area contributed by atoms with Crippen molar-refractivity contribution in [2.24, 2.45) is 0 Å². The minimum atomic E-state index is -4.95. The van der Waals surface area contributed by atoms with Gasteiger partial charge in [0.2, 0.25) is 0 Å². The zero-order valence-electron chi connectivity index (χ0n) is 59.5. The Morgan fingerprint density at radius 2 is 0.435 bits per heavy atom. The fraction of sp³-hybridized carbons (Fsp3) is 0.945. The smallest absolute Gasteiger partial charge is 0.462 e. The van der Waals surface area contributed by atoms with Crippen molar-refractivity contribution < 1.29 is 80.2 Å². The van der Waals surface area contributed by atoms with Crippen LogP contribution in [0, 0.1) is 0 Å². The van der Waals surface area contributed by atoms with Crippen molar-refractivity contribution in [2.45, 2.75) is 406 Å². The van der Waals surface area contributed by atoms with Gasteiger partial charge >= 0.3 is 39.5 Å². The molecule has 0 saturated heterocycles. The summed E-state index contributed by atoms with van der Waals surface area (Å²) < 4.78 is 68.3. The molecule has 19 heteroatoms. The van der Waals surface area contributed by atoms with Crippen molar-refractivity contribution in [3.8, 4) is 0 Å². The molecule has 0 aromatic rings. The fourth-order valence-electron chi connectivity index (χ4n) is 11.2. The van der Waals surface area contributed by atoms with E-state index in [0.717, 1.165) is 89.9 Å². The molecule has 5 atom stereocenters. The van der Waals surface area contributed by atoms with Crippen LogP contribution in [0.25, 0.3) is 0 Å². The predicted molar refractivity (Wildman–Crippen MR) is 372 cm³/mol. The van der Waals surface area contributed by atoms with E-state index < -0.39 is 97.5 Å². The summed E-state index contributed by atoms with van der Waals surface area (Å²) in [7, 11) is -9.90. The summed E-state index contributed by atoms with van der Waals surface area (Å²) in [5.41, 5.74) is 0. The summed E-state index contributed by atoms with van der Waals surface area (Å²) in [5.74, 6) is -2.12. The van der Waals surface area contributed by atoms with Gasteiger partial charge in [-0.25, -0.2) is 9.13 Å². The van der Waals surface area contributed by atoms with Crippen LogP contribution in [0.5, 0.6) is 0 Å². The normalized spacial score (nSPS) is 13.9. The average molecular weight is 1350 g/mol. The number of aliphatic hydroxyl groups excluding tert-OH is 1. The predicted octanol–water partition coefficient (Wildman–Crippen LogP) is 21.4. The number of aliphatic hydroxyl groups is 1. The molecule has 0 aromatic carbocycles. The Morgan fingerprint density at radius 3 is 0.641 bits per heavy atom. The standard InChI is InChI=1S/C73H142O17P2/c1-5-9-13-17-21-25-29-31-32-33-34-35-36-37-38-40-44-48-52-56-60-73(78)90-69(64-84-71(76)58-54-50-46-43-39-30-26-22-18-14-10-6-2)66-88-92(81,82)86-62-67(74)61-85-91(79,80)87-65-68(89-72(77)59-55-51-47-42-28-24-20-16-12-8-4)63-83-70(75)57-53-49-45-41-27-23-19-15-11-7-3/h67-69,74H,5-66H2,1-4H3,(H,79,80)(H,81,82)/t67-,68+,69+/m0/s1. The second-order valence-corrected chi connectivity index (χ2v) is 29.2. The molecule has 0 bridgehead atoms. The quantitative estimate of drug-likeness (QED) is 0.0222. The van der Waals surface area contributed by atoms with Gasteiger partial charge in [0.05, 0.1) is 26.4 Å². The largest absolute Gasteiger partial charge is 0.472 e. The molecule has 546 valence electrons. The van der Waals surface area contributed by atoms with E-state index in [0.29, 0.717) is 25.7 Å². The Morgan fingerprint density at radius 1 is 0.261 bits per heavy atom. The van der Waals surface area contributed by atoms with Crippen LogP contribution in [0.2, 0.25) is 0 Å². The van der Waals surface area contributed by atoms with Crippen LogP contribution in [0.1, 0.15) is 387 Å². The molecule has 2 unspecified atom stereocenters. The molecule has 0 amide bonds. The van der Waals surface area contributed by atoms with Crippen LogP contribution in [-0.2, 0) is 65.4 Å². The third-order valence-electron chi connectivity index (χ3n) is 17.1. The molecule has 0 aliphatic rings. The highest BCUT2D eigenvalue weighted by Crippen LogP contribution is 2.45. The van der Waals surface area contributed by atoms with Gasteiger partial charge in [-0.05, 0) is 25.7 Å². The molecule has 0 heterocycles. The number of rotatable bonds is 74.